The first kappa shape index (κ1) is 18.3. The summed E-state index contributed by atoms with van der Waals surface area (Å²) in [6.45, 7) is 2.90. The molecule has 0 radical (unpaired) electrons. The zero-order valence-electron chi connectivity index (χ0n) is 15.2. The van der Waals surface area contributed by atoms with Gasteiger partial charge in [0.25, 0.3) is 5.91 Å². The summed E-state index contributed by atoms with van der Waals surface area (Å²) in [6, 6.07) is 10.6. The van der Waals surface area contributed by atoms with Crippen LogP contribution in [0.25, 0.3) is 11.3 Å². The minimum atomic E-state index is -0.126. The van der Waals surface area contributed by atoms with Gasteiger partial charge < -0.3 is 14.7 Å². The van der Waals surface area contributed by atoms with E-state index in [-0.39, 0.29) is 11.7 Å². The zero-order valence-corrected chi connectivity index (χ0v) is 16.0. The molecule has 3 aromatic rings. The maximum absolute atomic E-state index is 12.9. The van der Waals surface area contributed by atoms with E-state index in [0.717, 1.165) is 16.8 Å². The van der Waals surface area contributed by atoms with Crippen molar-refractivity contribution < 1.29 is 14.6 Å². The topological polar surface area (TPSA) is 75.6 Å². The maximum Gasteiger partial charge on any atom is 0.255 e. The lowest BCUT2D eigenvalue weighted by atomic mass is 10.0. The molecule has 3 heterocycles. The third-order valence-corrected chi connectivity index (χ3v) is 4.81. The molecule has 2 aromatic heterocycles. The number of aryl methyl sites for hydroxylation is 1. The lowest BCUT2D eigenvalue weighted by molar-refractivity contribution is 0.0732. The van der Waals surface area contributed by atoms with Crippen LogP contribution in [0.2, 0.25) is 5.02 Å². The van der Waals surface area contributed by atoms with Crippen molar-refractivity contribution in [2.24, 2.45) is 0 Å². The number of hydrogen-bond donors (Lipinski definition) is 1. The molecule has 0 unspecified atom stereocenters. The number of fused-ring (bicyclic) bond motifs is 1. The van der Waals surface area contributed by atoms with Crippen molar-refractivity contribution in [2.45, 2.75) is 13.5 Å². The number of carbonyl (C=O) groups is 1. The number of nitrogens with zero attached hydrogens (tertiary/aromatic N) is 3. The predicted molar refractivity (Wildman–Crippen MR) is 106 cm³/mol. The summed E-state index contributed by atoms with van der Waals surface area (Å²) >= 11 is 5.91. The summed E-state index contributed by atoms with van der Waals surface area (Å²) in [4.78, 5) is 23.1. The summed E-state index contributed by atoms with van der Waals surface area (Å²) in [7, 11) is 0. The van der Waals surface area contributed by atoms with Crippen molar-refractivity contribution in [2.75, 3.05) is 13.2 Å². The molecular formula is C21H18ClN3O3. The van der Waals surface area contributed by atoms with Gasteiger partial charge in [-0.3, -0.25) is 14.8 Å². The Kier molecular flexibility index (Phi) is 4.88. The van der Waals surface area contributed by atoms with Gasteiger partial charge in [0.15, 0.2) is 11.5 Å². The number of phenols is 1. The Morgan fingerprint density at radius 3 is 2.75 bits per heavy atom. The quantitative estimate of drug-likeness (QED) is 0.713. The highest BCUT2D eigenvalue weighted by molar-refractivity contribution is 6.30. The second kappa shape index (κ2) is 7.48. The van der Waals surface area contributed by atoms with Crippen LogP contribution < -0.4 is 4.74 Å². The van der Waals surface area contributed by atoms with Crippen molar-refractivity contribution in [1.82, 2.24) is 14.9 Å². The van der Waals surface area contributed by atoms with E-state index in [2.05, 4.69) is 9.97 Å². The largest absolute Gasteiger partial charge is 0.504 e. The molecule has 1 aromatic carbocycles. The highest BCUT2D eigenvalue weighted by Gasteiger charge is 2.24. The number of benzene rings is 1. The van der Waals surface area contributed by atoms with Gasteiger partial charge in [0.1, 0.15) is 6.61 Å². The van der Waals surface area contributed by atoms with Gasteiger partial charge in [0.2, 0.25) is 0 Å². The molecule has 0 spiro atoms. The van der Waals surface area contributed by atoms with Crippen molar-refractivity contribution in [3.63, 3.8) is 0 Å². The number of phenolic OH excluding ortho intramolecular Hbond substituents is 1. The molecule has 0 aliphatic carbocycles. The van der Waals surface area contributed by atoms with Crippen LogP contribution in [0.15, 0.2) is 48.8 Å². The Hall–Kier alpha value is -3.12. The molecule has 1 amide bonds. The average molecular weight is 396 g/mol. The van der Waals surface area contributed by atoms with E-state index in [4.69, 9.17) is 16.3 Å². The lowest BCUT2D eigenvalue weighted by Crippen LogP contribution is -2.32. The first-order chi connectivity index (χ1) is 13.5. The normalized spacial score (nSPS) is 13.4. The summed E-state index contributed by atoms with van der Waals surface area (Å²) in [5.41, 5.74) is 3.49. The summed E-state index contributed by atoms with van der Waals surface area (Å²) < 4.78 is 5.72. The highest BCUT2D eigenvalue weighted by Crippen LogP contribution is 2.37. The van der Waals surface area contributed by atoms with E-state index in [0.29, 0.717) is 41.7 Å². The van der Waals surface area contributed by atoms with Crippen LogP contribution in [0.3, 0.4) is 0 Å². The average Bonchev–Trinajstić information content (AvgIpc) is 2.91. The standard InChI is InChI=1S/C21H18ClN3O3/c1-13-2-3-14(10-23-13)21(27)25-6-7-28-20-16(12-25)8-15(9-19(20)26)18-5-4-17(22)11-24-18/h2-5,8-11,26H,6-7,12H2,1H3. The van der Waals surface area contributed by atoms with Gasteiger partial charge in [0.05, 0.1) is 22.8 Å². The lowest BCUT2D eigenvalue weighted by Gasteiger charge is -2.20. The fourth-order valence-corrected chi connectivity index (χ4v) is 3.26. The van der Waals surface area contributed by atoms with Gasteiger partial charge in [-0.15, -0.1) is 0 Å². The number of rotatable bonds is 2. The molecule has 0 fully saturated rings. The number of aromatic nitrogens is 2. The number of carbonyl (C=O) groups excluding carboxylic acids is 1. The molecule has 28 heavy (non-hydrogen) atoms. The van der Waals surface area contributed by atoms with E-state index in [1.165, 1.54) is 0 Å². The predicted octanol–water partition coefficient (Wildman–Crippen LogP) is 3.85. The molecule has 0 saturated carbocycles. The van der Waals surface area contributed by atoms with Crippen LogP contribution in [0.1, 0.15) is 21.6 Å². The summed E-state index contributed by atoms with van der Waals surface area (Å²) in [5.74, 6) is 0.295. The van der Waals surface area contributed by atoms with Crippen LogP contribution in [0.5, 0.6) is 11.5 Å². The number of amides is 1. The van der Waals surface area contributed by atoms with Crippen molar-refractivity contribution in [1.29, 1.82) is 0 Å². The summed E-state index contributed by atoms with van der Waals surface area (Å²) in [5, 5.41) is 11.0. The number of hydrogen-bond acceptors (Lipinski definition) is 5. The van der Waals surface area contributed by atoms with Gasteiger partial charge in [-0.25, -0.2) is 0 Å². The fraction of sp³-hybridized carbons (Fsp3) is 0.190. The molecule has 1 N–H and O–H groups in total. The minimum absolute atomic E-state index is 0.0237. The zero-order chi connectivity index (χ0) is 19.7. The van der Waals surface area contributed by atoms with Crippen molar-refractivity contribution >= 4 is 17.5 Å². The van der Waals surface area contributed by atoms with Crippen LogP contribution >= 0.6 is 11.6 Å². The third-order valence-electron chi connectivity index (χ3n) is 4.58. The van der Waals surface area contributed by atoms with E-state index in [1.54, 1.807) is 41.6 Å². The first-order valence-corrected chi connectivity index (χ1v) is 9.21. The summed E-state index contributed by atoms with van der Waals surface area (Å²) in [6.07, 6.45) is 3.13. The number of pyridine rings is 2. The maximum atomic E-state index is 12.9. The third kappa shape index (κ3) is 3.64. The molecular weight excluding hydrogens is 378 g/mol. The van der Waals surface area contributed by atoms with Crippen molar-refractivity contribution in [3.05, 3.63) is 70.6 Å². The first-order valence-electron chi connectivity index (χ1n) is 8.84. The second-order valence-electron chi connectivity index (χ2n) is 6.61. The molecule has 0 atom stereocenters. The Morgan fingerprint density at radius 2 is 2.04 bits per heavy atom. The minimum Gasteiger partial charge on any atom is -0.504 e. The van der Waals surface area contributed by atoms with Crippen LogP contribution in [0.4, 0.5) is 0 Å². The fourth-order valence-electron chi connectivity index (χ4n) is 3.14. The molecule has 0 bridgehead atoms. The molecule has 1 aliphatic heterocycles. The Morgan fingerprint density at radius 1 is 1.18 bits per heavy atom. The van der Waals surface area contributed by atoms with Gasteiger partial charge in [-0.05, 0) is 43.3 Å². The molecule has 7 heteroatoms. The smallest absolute Gasteiger partial charge is 0.255 e. The molecule has 6 nitrogen and oxygen atoms in total. The number of aromatic hydroxyl groups is 1. The monoisotopic (exact) mass is 395 g/mol. The van der Waals surface area contributed by atoms with Crippen LogP contribution in [-0.4, -0.2) is 39.0 Å². The van der Waals surface area contributed by atoms with Gasteiger partial charge in [-0.2, -0.15) is 0 Å². The Bertz CT molecular complexity index is 1020. The Balaban J connectivity index is 1.67. The van der Waals surface area contributed by atoms with Gasteiger partial charge in [-0.1, -0.05) is 11.6 Å². The van der Waals surface area contributed by atoms with E-state index >= 15 is 0 Å². The molecule has 1 aliphatic rings. The van der Waals surface area contributed by atoms with E-state index in [9.17, 15) is 9.90 Å². The van der Waals surface area contributed by atoms with E-state index < -0.39 is 0 Å². The second-order valence-corrected chi connectivity index (χ2v) is 7.05. The number of halogens is 1. The number of ether oxygens (including phenoxy) is 1. The van der Waals surface area contributed by atoms with E-state index in [1.807, 2.05) is 19.1 Å². The SMILES string of the molecule is Cc1ccc(C(=O)N2CCOc3c(O)cc(-c4ccc(Cl)cn4)cc3C2)cn1. The molecule has 4 rings (SSSR count). The van der Waals surface area contributed by atoms with Gasteiger partial charge >= 0.3 is 0 Å². The van der Waals surface area contributed by atoms with Crippen LogP contribution in [-0.2, 0) is 6.54 Å². The van der Waals surface area contributed by atoms with Crippen LogP contribution in [0, 0.1) is 6.92 Å². The molecule has 0 saturated heterocycles. The Labute approximate surface area is 167 Å². The highest BCUT2D eigenvalue weighted by atomic mass is 35.5. The van der Waals surface area contributed by atoms with Crippen molar-refractivity contribution in [3.8, 4) is 22.8 Å². The van der Waals surface area contributed by atoms with Gasteiger partial charge in [0, 0.05) is 35.8 Å². The molecule has 142 valence electrons.